The zero-order valence-corrected chi connectivity index (χ0v) is 13.8. The number of rotatable bonds is 6. The summed E-state index contributed by atoms with van der Waals surface area (Å²) in [6, 6.07) is 11.0. The number of aromatic nitrogens is 4. The highest BCUT2D eigenvalue weighted by atomic mass is 15.3. The predicted octanol–water partition coefficient (Wildman–Crippen LogP) is 3.88. The van der Waals surface area contributed by atoms with Gasteiger partial charge in [0.15, 0.2) is 0 Å². The Bertz CT molecular complexity index is 742. The Kier molecular flexibility index (Phi) is 4.46. The monoisotopic (exact) mass is 309 g/mol. The molecule has 1 aromatic carbocycles. The van der Waals surface area contributed by atoms with E-state index in [9.17, 15) is 0 Å². The second kappa shape index (κ2) is 6.69. The normalized spacial score (nSPS) is 12.5. The summed E-state index contributed by atoms with van der Waals surface area (Å²) in [6.45, 7) is 7.20. The molecule has 5 heteroatoms. The van der Waals surface area contributed by atoms with Gasteiger partial charge in [-0.15, -0.1) is 0 Å². The first-order chi connectivity index (χ1) is 11.1. The van der Waals surface area contributed by atoms with Crippen molar-refractivity contribution in [3.05, 3.63) is 66.2 Å². The molecular weight excluding hydrogens is 286 g/mol. The van der Waals surface area contributed by atoms with E-state index in [2.05, 4.69) is 66.7 Å². The molecule has 0 amide bonds. The molecule has 2 aromatic heterocycles. The number of anilines is 1. The van der Waals surface area contributed by atoms with Crippen molar-refractivity contribution in [1.82, 2.24) is 19.6 Å². The Morgan fingerprint density at radius 3 is 2.70 bits per heavy atom. The van der Waals surface area contributed by atoms with Crippen molar-refractivity contribution >= 4 is 5.69 Å². The van der Waals surface area contributed by atoms with Crippen LogP contribution in [-0.2, 0) is 6.54 Å². The first kappa shape index (κ1) is 15.3. The maximum atomic E-state index is 4.41. The number of hydrogen-bond donors (Lipinski definition) is 1. The second-order valence-electron chi connectivity index (χ2n) is 6.12. The molecule has 0 aliphatic carbocycles. The van der Waals surface area contributed by atoms with E-state index >= 15 is 0 Å². The van der Waals surface area contributed by atoms with Gasteiger partial charge in [0.05, 0.1) is 18.8 Å². The van der Waals surface area contributed by atoms with Crippen molar-refractivity contribution in [3.63, 3.8) is 0 Å². The average Bonchev–Trinajstić information content (AvgIpc) is 3.18. The molecule has 0 aliphatic heterocycles. The lowest BCUT2D eigenvalue weighted by Gasteiger charge is -2.15. The van der Waals surface area contributed by atoms with Crippen molar-refractivity contribution < 1.29 is 0 Å². The number of nitrogens with zero attached hydrogens (tertiary/aromatic N) is 4. The molecule has 3 rings (SSSR count). The van der Waals surface area contributed by atoms with Gasteiger partial charge in [-0.3, -0.25) is 9.36 Å². The number of nitrogens with one attached hydrogen (secondary N) is 1. The zero-order chi connectivity index (χ0) is 16.2. The Morgan fingerprint density at radius 1 is 1.13 bits per heavy atom. The van der Waals surface area contributed by atoms with Crippen LogP contribution in [0.15, 0.2) is 55.1 Å². The van der Waals surface area contributed by atoms with Crippen molar-refractivity contribution in [2.24, 2.45) is 0 Å². The van der Waals surface area contributed by atoms with Gasteiger partial charge in [0.2, 0.25) is 0 Å². The van der Waals surface area contributed by atoms with Gasteiger partial charge >= 0.3 is 0 Å². The Morgan fingerprint density at radius 2 is 2.00 bits per heavy atom. The summed E-state index contributed by atoms with van der Waals surface area (Å²) >= 11 is 0. The fraction of sp³-hybridized carbons (Fsp3) is 0.333. The molecule has 0 unspecified atom stereocenters. The van der Waals surface area contributed by atoms with E-state index in [4.69, 9.17) is 0 Å². The van der Waals surface area contributed by atoms with E-state index in [-0.39, 0.29) is 6.04 Å². The van der Waals surface area contributed by atoms with Gasteiger partial charge in [-0.25, -0.2) is 0 Å². The van der Waals surface area contributed by atoms with Crippen LogP contribution in [0.2, 0.25) is 0 Å². The third-order valence-corrected chi connectivity index (χ3v) is 3.86. The fourth-order valence-corrected chi connectivity index (χ4v) is 2.53. The van der Waals surface area contributed by atoms with E-state index in [1.807, 2.05) is 27.8 Å². The van der Waals surface area contributed by atoms with Crippen LogP contribution >= 0.6 is 0 Å². The molecule has 23 heavy (non-hydrogen) atoms. The van der Waals surface area contributed by atoms with Gasteiger partial charge in [0.1, 0.15) is 0 Å². The van der Waals surface area contributed by atoms with E-state index in [0.717, 1.165) is 12.2 Å². The zero-order valence-electron chi connectivity index (χ0n) is 13.8. The van der Waals surface area contributed by atoms with E-state index < -0.39 is 0 Å². The van der Waals surface area contributed by atoms with Crippen LogP contribution < -0.4 is 5.32 Å². The van der Waals surface area contributed by atoms with Crippen LogP contribution in [0.1, 0.15) is 44.0 Å². The molecule has 0 saturated carbocycles. The highest BCUT2D eigenvalue weighted by Gasteiger charge is 2.09. The Balaban J connectivity index is 1.69. The minimum absolute atomic E-state index is 0.211. The van der Waals surface area contributed by atoms with Crippen LogP contribution in [-0.4, -0.2) is 19.6 Å². The van der Waals surface area contributed by atoms with Crippen LogP contribution in [0.4, 0.5) is 5.69 Å². The van der Waals surface area contributed by atoms with Crippen LogP contribution in [0.25, 0.3) is 0 Å². The second-order valence-corrected chi connectivity index (χ2v) is 6.12. The van der Waals surface area contributed by atoms with Crippen LogP contribution in [0.5, 0.6) is 0 Å². The molecule has 0 aliphatic rings. The van der Waals surface area contributed by atoms with Crippen molar-refractivity contribution in [2.45, 2.75) is 39.4 Å². The number of hydrogen-bond acceptors (Lipinski definition) is 3. The molecule has 1 atom stereocenters. The molecule has 120 valence electrons. The van der Waals surface area contributed by atoms with Gasteiger partial charge in [0, 0.05) is 35.9 Å². The minimum Gasteiger partial charge on any atom is -0.378 e. The van der Waals surface area contributed by atoms with Crippen LogP contribution in [0, 0.1) is 0 Å². The van der Waals surface area contributed by atoms with E-state index in [1.165, 1.54) is 11.1 Å². The topological polar surface area (TPSA) is 47.7 Å². The Labute approximate surface area is 136 Å². The molecule has 0 bridgehead atoms. The lowest BCUT2D eigenvalue weighted by Crippen LogP contribution is -2.07. The molecule has 1 N–H and O–H groups in total. The summed E-state index contributed by atoms with van der Waals surface area (Å²) in [4.78, 5) is 0. The smallest absolute Gasteiger partial charge is 0.0660 e. The lowest BCUT2D eigenvalue weighted by molar-refractivity contribution is 0.532. The molecule has 0 spiro atoms. The maximum absolute atomic E-state index is 4.41. The van der Waals surface area contributed by atoms with Gasteiger partial charge in [-0.2, -0.15) is 10.2 Å². The maximum Gasteiger partial charge on any atom is 0.0660 e. The van der Waals surface area contributed by atoms with Gasteiger partial charge in [-0.1, -0.05) is 12.1 Å². The SMILES string of the molecule is CC(C)n1cc([C@H](C)Nc2cccc(Cn3cccn3)c2)cn1. The van der Waals surface area contributed by atoms with E-state index in [0.29, 0.717) is 6.04 Å². The molecule has 2 heterocycles. The summed E-state index contributed by atoms with van der Waals surface area (Å²) in [5.41, 5.74) is 3.53. The average molecular weight is 309 g/mol. The standard InChI is InChI=1S/C18H23N5/c1-14(2)23-13-17(11-20-23)15(3)21-18-7-4-6-16(10-18)12-22-9-5-8-19-22/h4-11,13-15,21H,12H2,1-3H3/t15-/m0/s1. The molecule has 0 saturated heterocycles. The third-order valence-electron chi connectivity index (χ3n) is 3.86. The number of benzene rings is 1. The first-order valence-electron chi connectivity index (χ1n) is 7.99. The summed E-state index contributed by atoms with van der Waals surface area (Å²) in [5, 5.41) is 12.2. The third kappa shape index (κ3) is 3.80. The summed E-state index contributed by atoms with van der Waals surface area (Å²) in [5.74, 6) is 0. The van der Waals surface area contributed by atoms with Crippen molar-refractivity contribution in [2.75, 3.05) is 5.32 Å². The molecular formula is C18H23N5. The molecule has 5 nitrogen and oxygen atoms in total. The molecule has 3 aromatic rings. The Hall–Kier alpha value is -2.56. The quantitative estimate of drug-likeness (QED) is 0.751. The first-order valence-corrected chi connectivity index (χ1v) is 7.99. The lowest BCUT2D eigenvalue weighted by atomic mass is 10.1. The van der Waals surface area contributed by atoms with Gasteiger partial charge in [-0.05, 0) is 44.5 Å². The van der Waals surface area contributed by atoms with Crippen molar-refractivity contribution in [3.8, 4) is 0 Å². The largest absolute Gasteiger partial charge is 0.378 e. The highest BCUT2D eigenvalue weighted by Crippen LogP contribution is 2.21. The van der Waals surface area contributed by atoms with E-state index in [1.54, 1.807) is 6.20 Å². The highest BCUT2D eigenvalue weighted by molar-refractivity contribution is 5.47. The molecule has 0 radical (unpaired) electrons. The summed E-state index contributed by atoms with van der Waals surface area (Å²) in [6.07, 6.45) is 7.82. The van der Waals surface area contributed by atoms with Crippen LogP contribution in [0.3, 0.4) is 0 Å². The van der Waals surface area contributed by atoms with Gasteiger partial charge < -0.3 is 5.32 Å². The summed E-state index contributed by atoms with van der Waals surface area (Å²) < 4.78 is 3.91. The van der Waals surface area contributed by atoms with Crippen molar-refractivity contribution in [1.29, 1.82) is 0 Å². The summed E-state index contributed by atoms with van der Waals surface area (Å²) in [7, 11) is 0. The van der Waals surface area contributed by atoms with Gasteiger partial charge in [0.25, 0.3) is 0 Å². The fourth-order valence-electron chi connectivity index (χ4n) is 2.53. The predicted molar refractivity (Wildman–Crippen MR) is 92.4 cm³/mol. The minimum atomic E-state index is 0.211. The molecule has 0 fully saturated rings.